The number of hydrogen-bond acceptors (Lipinski definition) is 4. The highest BCUT2D eigenvalue weighted by molar-refractivity contribution is 6.30. The Hall–Kier alpha value is -0.870. The zero-order valence-electron chi connectivity index (χ0n) is 6.47. The molecule has 0 saturated heterocycles. The summed E-state index contributed by atoms with van der Waals surface area (Å²) in [6.45, 7) is 1.67. The van der Waals surface area contributed by atoms with Crippen molar-refractivity contribution in [3.05, 3.63) is 16.4 Å². The normalized spacial score (nSPS) is 15.8. The predicted octanol–water partition coefficient (Wildman–Crippen LogP) is 0.358. The number of rotatable bonds is 0. The molecule has 0 saturated carbocycles. The Morgan fingerprint density at radius 2 is 2.25 bits per heavy atom. The van der Waals surface area contributed by atoms with Gasteiger partial charge in [-0.25, -0.2) is 9.97 Å². The van der Waals surface area contributed by atoms with Crippen molar-refractivity contribution in [1.29, 1.82) is 0 Å². The monoisotopic (exact) mass is 184 g/mol. The van der Waals surface area contributed by atoms with Gasteiger partial charge in [-0.15, -0.1) is 0 Å². The topological polar surface area (TPSA) is 63.8 Å². The Balaban J connectivity index is 2.53. The van der Waals surface area contributed by atoms with Gasteiger partial charge in [0.05, 0.1) is 5.69 Å². The SMILES string of the molecule is Nc1nc(Cl)c2c(n1)CNCC2. The number of nitrogen functional groups attached to an aromatic ring is 1. The first-order valence-electron chi connectivity index (χ1n) is 3.79. The third-order valence-corrected chi connectivity index (χ3v) is 2.22. The van der Waals surface area contributed by atoms with Crippen molar-refractivity contribution in [3.63, 3.8) is 0 Å². The standard InChI is InChI=1S/C7H9ClN4/c8-6-4-1-2-10-3-5(4)11-7(9)12-6/h10H,1-3H2,(H2,9,11,12). The molecular weight excluding hydrogens is 176 g/mol. The minimum atomic E-state index is 0.252. The van der Waals surface area contributed by atoms with Crippen LogP contribution in [-0.2, 0) is 13.0 Å². The van der Waals surface area contributed by atoms with E-state index >= 15 is 0 Å². The summed E-state index contributed by atoms with van der Waals surface area (Å²) in [7, 11) is 0. The summed E-state index contributed by atoms with van der Waals surface area (Å²) in [5.41, 5.74) is 7.41. The van der Waals surface area contributed by atoms with E-state index in [0.717, 1.165) is 30.8 Å². The quantitative estimate of drug-likeness (QED) is 0.572. The van der Waals surface area contributed by atoms with E-state index in [-0.39, 0.29) is 5.95 Å². The van der Waals surface area contributed by atoms with Gasteiger partial charge in [0.25, 0.3) is 0 Å². The smallest absolute Gasteiger partial charge is 0.221 e. The fraction of sp³-hybridized carbons (Fsp3) is 0.429. The first-order chi connectivity index (χ1) is 5.77. The second kappa shape index (κ2) is 2.88. The minimum absolute atomic E-state index is 0.252. The van der Waals surface area contributed by atoms with Crippen molar-refractivity contribution >= 4 is 17.5 Å². The maximum Gasteiger partial charge on any atom is 0.221 e. The molecule has 2 heterocycles. The summed E-state index contributed by atoms with van der Waals surface area (Å²) in [5, 5.41) is 3.69. The summed E-state index contributed by atoms with van der Waals surface area (Å²) >= 11 is 5.89. The van der Waals surface area contributed by atoms with Crippen LogP contribution >= 0.6 is 11.6 Å². The molecule has 1 aromatic heterocycles. The third kappa shape index (κ3) is 1.23. The fourth-order valence-corrected chi connectivity index (χ4v) is 1.62. The molecule has 0 aliphatic carbocycles. The maximum absolute atomic E-state index is 5.89. The van der Waals surface area contributed by atoms with Crippen LogP contribution < -0.4 is 11.1 Å². The Morgan fingerprint density at radius 1 is 1.42 bits per heavy atom. The van der Waals surface area contributed by atoms with Gasteiger partial charge in [0.1, 0.15) is 5.15 Å². The van der Waals surface area contributed by atoms with Crippen molar-refractivity contribution in [3.8, 4) is 0 Å². The van der Waals surface area contributed by atoms with Crippen LogP contribution in [0.4, 0.5) is 5.95 Å². The van der Waals surface area contributed by atoms with E-state index in [4.69, 9.17) is 17.3 Å². The summed E-state index contributed by atoms with van der Waals surface area (Å²) in [4.78, 5) is 7.99. The van der Waals surface area contributed by atoms with Gasteiger partial charge in [0, 0.05) is 12.1 Å². The number of fused-ring (bicyclic) bond motifs is 1. The summed E-state index contributed by atoms with van der Waals surface area (Å²) in [6, 6.07) is 0. The van der Waals surface area contributed by atoms with E-state index in [9.17, 15) is 0 Å². The van der Waals surface area contributed by atoms with Gasteiger partial charge in [-0.05, 0) is 13.0 Å². The molecule has 0 atom stereocenters. The van der Waals surface area contributed by atoms with Crippen LogP contribution in [0.25, 0.3) is 0 Å². The van der Waals surface area contributed by atoms with Gasteiger partial charge in [-0.3, -0.25) is 0 Å². The lowest BCUT2D eigenvalue weighted by Crippen LogP contribution is -2.25. The Bertz CT molecular complexity index is 313. The minimum Gasteiger partial charge on any atom is -0.368 e. The van der Waals surface area contributed by atoms with Gasteiger partial charge in [0.15, 0.2) is 0 Å². The van der Waals surface area contributed by atoms with Crippen LogP contribution in [0.1, 0.15) is 11.3 Å². The first kappa shape index (κ1) is 7.76. The van der Waals surface area contributed by atoms with Gasteiger partial charge < -0.3 is 11.1 Å². The van der Waals surface area contributed by atoms with E-state index in [1.807, 2.05) is 0 Å². The molecule has 64 valence electrons. The van der Waals surface area contributed by atoms with E-state index in [1.54, 1.807) is 0 Å². The van der Waals surface area contributed by atoms with Crippen molar-refractivity contribution in [2.75, 3.05) is 12.3 Å². The maximum atomic E-state index is 5.89. The van der Waals surface area contributed by atoms with Gasteiger partial charge in [-0.2, -0.15) is 0 Å². The molecule has 0 amide bonds. The zero-order valence-corrected chi connectivity index (χ0v) is 7.23. The molecule has 0 bridgehead atoms. The van der Waals surface area contributed by atoms with Crippen LogP contribution in [0.5, 0.6) is 0 Å². The molecule has 0 spiro atoms. The molecule has 1 aliphatic heterocycles. The highest BCUT2D eigenvalue weighted by atomic mass is 35.5. The van der Waals surface area contributed by atoms with Crippen molar-refractivity contribution in [1.82, 2.24) is 15.3 Å². The molecule has 0 radical (unpaired) electrons. The Morgan fingerprint density at radius 3 is 3.08 bits per heavy atom. The lowest BCUT2D eigenvalue weighted by atomic mass is 10.1. The van der Waals surface area contributed by atoms with Crippen LogP contribution in [0, 0.1) is 0 Å². The van der Waals surface area contributed by atoms with Crippen LogP contribution in [0.3, 0.4) is 0 Å². The second-order valence-electron chi connectivity index (χ2n) is 2.72. The average Bonchev–Trinajstić information content (AvgIpc) is 2.04. The molecular formula is C7H9ClN4. The van der Waals surface area contributed by atoms with Crippen LogP contribution in [0.2, 0.25) is 5.15 Å². The largest absolute Gasteiger partial charge is 0.368 e. The summed E-state index contributed by atoms with van der Waals surface area (Å²) in [5.74, 6) is 0.252. The number of nitrogens with zero attached hydrogens (tertiary/aromatic N) is 2. The highest BCUT2D eigenvalue weighted by Gasteiger charge is 2.14. The second-order valence-corrected chi connectivity index (χ2v) is 3.08. The van der Waals surface area contributed by atoms with Gasteiger partial charge in [0.2, 0.25) is 5.95 Å². The fourth-order valence-electron chi connectivity index (χ4n) is 1.33. The average molecular weight is 185 g/mol. The number of halogens is 1. The molecule has 0 aromatic carbocycles. The Kier molecular flexibility index (Phi) is 1.86. The van der Waals surface area contributed by atoms with E-state index < -0.39 is 0 Å². The lowest BCUT2D eigenvalue weighted by molar-refractivity contribution is 0.624. The van der Waals surface area contributed by atoms with Crippen molar-refractivity contribution < 1.29 is 0 Å². The molecule has 1 aromatic rings. The van der Waals surface area contributed by atoms with Crippen molar-refractivity contribution in [2.24, 2.45) is 0 Å². The number of nitrogens with two attached hydrogens (primary N) is 1. The predicted molar refractivity (Wildman–Crippen MR) is 46.9 cm³/mol. The zero-order chi connectivity index (χ0) is 8.55. The number of aromatic nitrogens is 2. The molecule has 1 aliphatic rings. The van der Waals surface area contributed by atoms with E-state index in [1.165, 1.54) is 0 Å². The molecule has 0 fully saturated rings. The summed E-state index contributed by atoms with van der Waals surface area (Å²) in [6.07, 6.45) is 0.883. The molecule has 5 heteroatoms. The number of anilines is 1. The summed E-state index contributed by atoms with van der Waals surface area (Å²) < 4.78 is 0. The highest BCUT2D eigenvalue weighted by Crippen LogP contribution is 2.20. The van der Waals surface area contributed by atoms with Crippen LogP contribution in [0.15, 0.2) is 0 Å². The van der Waals surface area contributed by atoms with Crippen LogP contribution in [-0.4, -0.2) is 16.5 Å². The Labute approximate surface area is 75.2 Å². The third-order valence-electron chi connectivity index (χ3n) is 1.90. The number of hydrogen-bond donors (Lipinski definition) is 2. The van der Waals surface area contributed by atoms with Gasteiger partial charge >= 0.3 is 0 Å². The van der Waals surface area contributed by atoms with Gasteiger partial charge in [-0.1, -0.05) is 11.6 Å². The molecule has 12 heavy (non-hydrogen) atoms. The van der Waals surface area contributed by atoms with E-state index in [2.05, 4.69) is 15.3 Å². The van der Waals surface area contributed by atoms with E-state index in [0.29, 0.717) is 5.15 Å². The first-order valence-corrected chi connectivity index (χ1v) is 4.16. The molecule has 4 nitrogen and oxygen atoms in total. The molecule has 2 rings (SSSR count). The lowest BCUT2D eigenvalue weighted by Gasteiger charge is -2.16. The van der Waals surface area contributed by atoms with Crippen molar-refractivity contribution in [2.45, 2.75) is 13.0 Å². The molecule has 3 N–H and O–H groups in total. The molecule has 0 unspecified atom stereocenters. The number of nitrogens with one attached hydrogen (secondary N) is 1.